The maximum atomic E-state index is 12.4. The normalized spacial score (nSPS) is 18.8. The van der Waals surface area contributed by atoms with Gasteiger partial charge in [-0.15, -0.1) is 10.2 Å². The monoisotopic (exact) mass is 429 g/mol. The highest BCUT2D eigenvalue weighted by Crippen LogP contribution is 2.24. The van der Waals surface area contributed by atoms with Crippen LogP contribution in [0.25, 0.3) is 0 Å². The van der Waals surface area contributed by atoms with E-state index < -0.39 is 0 Å². The van der Waals surface area contributed by atoms with Crippen molar-refractivity contribution in [2.45, 2.75) is 64.1 Å². The quantitative estimate of drug-likeness (QED) is 0.659. The summed E-state index contributed by atoms with van der Waals surface area (Å²) < 4.78 is 1.78. The van der Waals surface area contributed by atoms with Crippen molar-refractivity contribution in [3.05, 3.63) is 35.2 Å². The van der Waals surface area contributed by atoms with Crippen molar-refractivity contribution in [2.75, 3.05) is 11.1 Å². The van der Waals surface area contributed by atoms with E-state index in [1.807, 2.05) is 39.1 Å². The van der Waals surface area contributed by atoms with E-state index in [-0.39, 0.29) is 24.3 Å². The molecule has 8 heteroatoms. The first kappa shape index (κ1) is 22.3. The molecular formula is C22H31N5O2S. The van der Waals surface area contributed by atoms with Gasteiger partial charge in [-0.1, -0.05) is 49.2 Å². The number of anilines is 1. The van der Waals surface area contributed by atoms with Crippen LogP contribution in [0.1, 0.15) is 49.6 Å². The lowest BCUT2D eigenvalue weighted by molar-refractivity contribution is -0.120. The second-order valence-corrected chi connectivity index (χ2v) is 9.17. The molecule has 2 aromatic rings. The zero-order valence-corrected chi connectivity index (χ0v) is 19.0. The largest absolute Gasteiger partial charge is 0.352 e. The first-order valence-corrected chi connectivity index (χ1v) is 11.5. The molecular weight excluding hydrogens is 398 g/mol. The minimum absolute atomic E-state index is 0.0240. The summed E-state index contributed by atoms with van der Waals surface area (Å²) in [4.78, 5) is 24.8. The van der Waals surface area contributed by atoms with Gasteiger partial charge in [-0.25, -0.2) is 0 Å². The Balaban J connectivity index is 1.51. The number of carbonyl (C=O) groups excluding carboxylic acids is 2. The number of rotatable bonds is 7. The molecule has 0 spiro atoms. The van der Waals surface area contributed by atoms with Gasteiger partial charge in [-0.05, 0) is 44.2 Å². The Bertz CT molecular complexity index is 911. The van der Waals surface area contributed by atoms with Crippen molar-refractivity contribution >= 4 is 29.3 Å². The number of hydrogen-bond donors (Lipinski definition) is 2. The Labute approximate surface area is 182 Å². The van der Waals surface area contributed by atoms with Crippen LogP contribution in [-0.2, 0) is 23.1 Å². The third kappa shape index (κ3) is 5.84. The van der Waals surface area contributed by atoms with Crippen LogP contribution in [0.3, 0.4) is 0 Å². The Morgan fingerprint density at radius 2 is 1.93 bits per heavy atom. The van der Waals surface area contributed by atoms with Gasteiger partial charge in [0.25, 0.3) is 0 Å². The maximum Gasteiger partial charge on any atom is 0.232 e. The van der Waals surface area contributed by atoms with Crippen LogP contribution < -0.4 is 10.6 Å². The molecule has 1 saturated carbocycles. The topological polar surface area (TPSA) is 88.9 Å². The number of carbonyl (C=O) groups is 2. The van der Waals surface area contributed by atoms with Crippen LogP contribution in [0.5, 0.6) is 0 Å². The average Bonchev–Trinajstić information content (AvgIpc) is 3.04. The van der Waals surface area contributed by atoms with E-state index in [1.54, 1.807) is 4.57 Å². The van der Waals surface area contributed by atoms with Gasteiger partial charge in [0.2, 0.25) is 11.8 Å². The third-order valence-corrected chi connectivity index (χ3v) is 6.71. The molecule has 7 nitrogen and oxygen atoms in total. The summed E-state index contributed by atoms with van der Waals surface area (Å²) in [6.45, 7) is 6.20. The second kappa shape index (κ2) is 10.1. The first-order valence-electron chi connectivity index (χ1n) is 10.5. The molecule has 2 amide bonds. The Morgan fingerprint density at radius 1 is 1.17 bits per heavy atom. The van der Waals surface area contributed by atoms with Crippen molar-refractivity contribution in [3.8, 4) is 0 Å². The van der Waals surface area contributed by atoms with Gasteiger partial charge in [0.05, 0.1) is 12.2 Å². The number of amides is 2. The fourth-order valence-corrected chi connectivity index (χ4v) is 4.57. The molecule has 1 aromatic heterocycles. The summed E-state index contributed by atoms with van der Waals surface area (Å²) in [6, 6.07) is 6.19. The van der Waals surface area contributed by atoms with E-state index in [4.69, 9.17) is 0 Å². The minimum Gasteiger partial charge on any atom is -0.352 e. The molecule has 3 rings (SSSR count). The van der Waals surface area contributed by atoms with E-state index in [0.29, 0.717) is 22.7 Å². The first-order chi connectivity index (χ1) is 14.3. The van der Waals surface area contributed by atoms with Crippen molar-refractivity contribution in [3.63, 3.8) is 0 Å². The van der Waals surface area contributed by atoms with E-state index >= 15 is 0 Å². The van der Waals surface area contributed by atoms with Crippen LogP contribution in [-0.4, -0.2) is 38.4 Å². The molecule has 0 radical (unpaired) electrons. The molecule has 1 aliphatic carbocycles. The van der Waals surface area contributed by atoms with E-state index in [9.17, 15) is 9.59 Å². The van der Waals surface area contributed by atoms with E-state index in [2.05, 4.69) is 27.8 Å². The standard InChI is InChI=1S/C22H31N5O2S/c1-14-9-10-18(16(3)11-14)23-20(28)12-19-25-26-22(27(19)4)30-13-21(29)24-17-8-6-5-7-15(17)2/h9-11,15,17H,5-8,12-13H2,1-4H3,(H,23,28)(H,24,29)/t15-,17-/m1/s1. The lowest BCUT2D eigenvalue weighted by Gasteiger charge is -2.29. The van der Waals surface area contributed by atoms with E-state index in [1.165, 1.54) is 31.0 Å². The lowest BCUT2D eigenvalue weighted by Crippen LogP contribution is -2.41. The molecule has 30 heavy (non-hydrogen) atoms. The van der Waals surface area contributed by atoms with Gasteiger partial charge in [-0.2, -0.15) is 0 Å². The summed E-state index contributed by atoms with van der Waals surface area (Å²) in [7, 11) is 1.82. The highest BCUT2D eigenvalue weighted by molar-refractivity contribution is 7.99. The Morgan fingerprint density at radius 3 is 2.67 bits per heavy atom. The number of aryl methyl sites for hydroxylation is 2. The minimum atomic E-state index is -0.141. The zero-order chi connectivity index (χ0) is 21.7. The Kier molecular flexibility index (Phi) is 7.53. The van der Waals surface area contributed by atoms with Crippen molar-refractivity contribution in [2.24, 2.45) is 13.0 Å². The molecule has 2 atom stereocenters. The SMILES string of the molecule is Cc1ccc(NC(=O)Cc2nnc(SCC(=O)N[C@@H]3CCCC[C@H]3C)n2C)c(C)c1. The second-order valence-electron chi connectivity index (χ2n) is 8.23. The van der Waals surface area contributed by atoms with Gasteiger partial charge in [0.15, 0.2) is 5.16 Å². The summed E-state index contributed by atoms with van der Waals surface area (Å²) in [5.41, 5.74) is 2.98. The average molecular weight is 430 g/mol. The number of thioether (sulfide) groups is 1. The van der Waals surface area contributed by atoms with E-state index in [0.717, 1.165) is 23.2 Å². The van der Waals surface area contributed by atoms with Gasteiger partial charge >= 0.3 is 0 Å². The van der Waals surface area contributed by atoms with Crippen LogP contribution in [0.15, 0.2) is 23.4 Å². The Hall–Kier alpha value is -2.35. The molecule has 1 fully saturated rings. The molecule has 0 bridgehead atoms. The molecule has 0 unspecified atom stereocenters. The summed E-state index contributed by atoms with van der Waals surface area (Å²) in [6.07, 6.45) is 4.79. The van der Waals surface area contributed by atoms with Crippen molar-refractivity contribution in [1.29, 1.82) is 0 Å². The van der Waals surface area contributed by atoms with Crippen molar-refractivity contribution in [1.82, 2.24) is 20.1 Å². The van der Waals surface area contributed by atoms with Gasteiger partial charge in [0.1, 0.15) is 5.82 Å². The highest BCUT2D eigenvalue weighted by atomic mass is 32.2. The molecule has 0 saturated heterocycles. The molecule has 1 heterocycles. The predicted molar refractivity (Wildman–Crippen MR) is 120 cm³/mol. The van der Waals surface area contributed by atoms with Gasteiger partial charge in [0, 0.05) is 18.8 Å². The number of aromatic nitrogens is 3. The van der Waals surface area contributed by atoms with Gasteiger partial charge in [-0.3, -0.25) is 9.59 Å². The number of hydrogen-bond acceptors (Lipinski definition) is 5. The van der Waals surface area contributed by atoms with Crippen LogP contribution in [0.4, 0.5) is 5.69 Å². The van der Waals surface area contributed by atoms with Crippen molar-refractivity contribution < 1.29 is 9.59 Å². The zero-order valence-electron chi connectivity index (χ0n) is 18.2. The fraction of sp³-hybridized carbons (Fsp3) is 0.545. The predicted octanol–water partition coefficient (Wildman–Crippen LogP) is 3.40. The van der Waals surface area contributed by atoms with Crippen LogP contribution in [0.2, 0.25) is 0 Å². The number of nitrogens with one attached hydrogen (secondary N) is 2. The summed E-state index contributed by atoms with van der Waals surface area (Å²) in [5.74, 6) is 1.28. The van der Waals surface area contributed by atoms with Gasteiger partial charge < -0.3 is 15.2 Å². The molecule has 162 valence electrons. The summed E-state index contributed by atoms with van der Waals surface area (Å²) >= 11 is 1.35. The van der Waals surface area contributed by atoms with Crippen LogP contribution >= 0.6 is 11.8 Å². The molecule has 1 aliphatic rings. The van der Waals surface area contributed by atoms with Crippen LogP contribution in [0, 0.1) is 19.8 Å². The highest BCUT2D eigenvalue weighted by Gasteiger charge is 2.23. The molecule has 1 aromatic carbocycles. The lowest BCUT2D eigenvalue weighted by atomic mass is 9.86. The smallest absolute Gasteiger partial charge is 0.232 e. The molecule has 0 aliphatic heterocycles. The maximum absolute atomic E-state index is 12.4. The summed E-state index contributed by atoms with van der Waals surface area (Å²) in [5, 5.41) is 15.0. The number of benzene rings is 1. The molecule has 2 N–H and O–H groups in total. The third-order valence-electron chi connectivity index (χ3n) is 5.69. The fourth-order valence-electron chi connectivity index (χ4n) is 3.83. The number of nitrogens with zero attached hydrogens (tertiary/aromatic N) is 3.